The minimum Gasteiger partial charge on any atom is -0.321 e. The molecule has 1 unspecified atom stereocenters. The molecule has 1 atom stereocenters. The first kappa shape index (κ1) is 13.2. The van der Waals surface area contributed by atoms with E-state index < -0.39 is 10.0 Å². The van der Waals surface area contributed by atoms with Crippen LogP contribution in [0.4, 0.5) is 5.69 Å². The van der Waals surface area contributed by atoms with Crippen LogP contribution < -0.4 is 16.0 Å². The topological polar surface area (TPSA) is 100 Å². The van der Waals surface area contributed by atoms with Gasteiger partial charge in [-0.15, -0.1) is 0 Å². The summed E-state index contributed by atoms with van der Waals surface area (Å²) in [5.74, 6) is 5.29. The van der Waals surface area contributed by atoms with Crippen molar-refractivity contribution in [2.75, 3.05) is 25.6 Å². The minimum atomic E-state index is -3.64. The number of nitrogens with zero attached hydrogens (tertiary/aromatic N) is 2. The van der Waals surface area contributed by atoms with Crippen LogP contribution in [0.25, 0.3) is 0 Å². The molecule has 0 radical (unpaired) electrons. The fourth-order valence-corrected chi connectivity index (χ4v) is 3.38. The van der Waals surface area contributed by atoms with Gasteiger partial charge in [-0.2, -0.15) is 0 Å². The Morgan fingerprint density at radius 1 is 1.56 bits per heavy atom. The van der Waals surface area contributed by atoms with E-state index in [4.69, 9.17) is 5.84 Å². The Morgan fingerprint density at radius 3 is 2.94 bits per heavy atom. The molecule has 2 rings (SSSR count). The lowest BCUT2D eigenvalue weighted by atomic mass is 10.3. The van der Waals surface area contributed by atoms with E-state index in [2.05, 4.69) is 20.0 Å². The van der Waals surface area contributed by atoms with Crippen LogP contribution in [0.1, 0.15) is 6.42 Å². The summed E-state index contributed by atoms with van der Waals surface area (Å²) in [6.07, 6.45) is 2.23. The number of pyridine rings is 1. The smallest absolute Gasteiger partial charge is 0.260 e. The van der Waals surface area contributed by atoms with E-state index in [1.54, 1.807) is 12.1 Å². The van der Waals surface area contributed by atoms with Crippen molar-refractivity contribution in [3.8, 4) is 0 Å². The summed E-state index contributed by atoms with van der Waals surface area (Å²) in [5.41, 5.74) is 2.63. The first-order chi connectivity index (χ1) is 8.53. The molecule has 0 aliphatic carbocycles. The van der Waals surface area contributed by atoms with Gasteiger partial charge < -0.3 is 10.3 Å². The Kier molecular flexibility index (Phi) is 3.81. The maximum atomic E-state index is 12.2. The average molecular weight is 271 g/mol. The normalized spacial score (nSPS) is 21.1. The number of anilines is 1. The van der Waals surface area contributed by atoms with Crippen LogP contribution in [0.15, 0.2) is 23.4 Å². The van der Waals surface area contributed by atoms with E-state index in [-0.39, 0.29) is 16.8 Å². The number of likely N-dealkylation sites (tertiary alicyclic amines) is 1. The molecule has 1 aliphatic heterocycles. The molecule has 100 valence electrons. The van der Waals surface area contributed by atoms with Gasteiger partial charge in [0.25, 0.3) is 10.0 Å². The summed E-state index contributed by atoms with van der Waals surface area (Å²) >= 11 is 0. The number of nitrogen functional groups attached to an aromatic ring is 1. The summed E-state index contributed by atoms with van der Waals surface area (Å²) in [5, 5.41) is -0.0675. The summed E-state index contributed by atoms with van der Waals surface area (Å²) < 4.78 is 27.0. The summed E-state index contributed by atoms with van der Waals surface area (Å²) in [7, 11) is -1.68. The number of likely N-dealkylation sites (N-methyl/N-ethyl adjacent to an activating group) is 1. The Morgan fingerprint density at radius 2 is 2.33 bits per heavy atom. The van der Waals surface area contributed by atoms with Gasteiger partial charge in [0.15, 0.2) is 5.03 Å². The maximum Gasteiger partial charge on any atom is 0.260 e. The molecule has 1 fully saturated rings. The molecule has 1 aliphatic rings. The van der Waals surface area contributed by atoms with Gasteiger partial charge in [0, 0.05) is 18.8 Å². The third-order valence-corrected chi connectivity index (χ3v) is 4.37. The van der Waals surface area contributed by atoms with E-state index in [1.807, 2.05) is 7.05 Å². The van der Waals surface area contributed by atoms with Crippen LogP contribution in [-0.4, -0.2) is 44.5 Å². The Labute approximate surface area is 106 Å². The SMILES string of the molecule is CN1CCC(NS(=O)(=O)c2ncccc2NN)C1. The lowest BCUT2D eigenvalue weighted by molar-refractivity contribution is 0.407. The first-order valence-corrected chi connectivity index (χ1v) is 7.14. The molecule has 2 heterocycles. The van der Waals surface area contributed by atoms with Crippen molar-refractivity contribution in [3.05, 3.63) is 18.3 Å². The van der Waals surface area contributed by atoms with Crippen molar-refractivity contribution in [1.29, 1.82) is 0 Å². The van der Waals surface area contributed by atoms with Crippen LogP contribution in [0.3, 0.4) is 0 Å². The highest BCUT2D eigenvalue weighted by Crippen LogP contribution is 2.18. The zero-order valence-electron chi connectivity index (χ0n) is 10.1. The van der Waals surface area contributed by atoms with Crippen LogP contribution in [-0.2, 0) is 10.0 Å². The van der Waals surface area contributed by atoms with Crippen LogP contribution in [0.2, 0.25) is 0 Å². The minimum absolute atomic E-state index is 0.0675. The zero-order valence-corrected chi connectivity index (χ0v) is 10.9. The average Bonchev–Trinajstić information content (AvgIpc) is 2.74. The van der Waals surface area contributed by atoms with Crippen molar-refractivity contribution in [1.82, 2.24) is 14.6 Å². The molecular weight excluding hydrogens is 254 g/mol. The van der Waals surface area contributed by atoms with Crippen molar-refractivity contribution in [3.63, 3.8) is 0 Å². The number of hydrogen-bond donors (Lipinski definition) is 3. The van der Waals surface area contributed by atoms with Crippen molar-refractivity contribution < 1.29 is 8.42 Å². The highest BCUT2D eigenvalue weighted by Gasteiger charge is 2.27. The second kappa shape index (κ2) is 5.19. The molecule has 0 saturated carbocycles. The van der Waals surface area contributed by atoms with Gasteiger partial charge >= 0.3 is 0 Å². The van der Waals surface area contributed by atoms with Gasteiger partial charge in [-0.1, -0.05) is 0 Å². The summed E-state index contributed by atoms with van der Waals surface area (Å²) in [6.45, 7) is 1.59. The molecule has 7 nitrogen and oxygen atoms in total. The third-order valence-electron chi connectivity index (χ3n) is 2.89. The van der Waals surface area contributed by atoms with Gasteiger partial charge in [0.1, 0.15) is 0 Å². The van der Waals surface area contributed by atoms with Gasteiger partial charge in [-0.3, -0.25) is 5.84 Å². The Hall–Kier alpha value is -1.22. The number of hydrazine groups is 1. The summed E-state index contributed by atoms with van der Waals surface area (Å²) in [4.78, 5) is 5.95. The predicted octanol–water partition coefficient (Wildman–Crippen LogP) is -0.650. The van der Waals surface area contributed by atoms with E-state index in [0.717, 1.165) is 13.0 Å². The number of nitrogens with one attached hydrogen (secondary N) is 2. The predicted molar refractivity (Wildman–Crippen MR) is 68.3 cm³/mol. The quantitative estimate of drug-likeness (QED) is 0.497. The molecule has 0 bridgehead atoms. The van der Waals surface area contributed by atoms with Crippen molar-refractivity contribution in [2.24, 2.45) is 5.84 Å². The van der Waals surface area contributed by atoms with Crippen LogP contribution in [0.5, 0.6) is 0 Å². The highest BCUT2D eigenvalue weighted by molar-refractivity contribution is 7.89. The Bertz CT molecular complexity index is 519. The molecule has 18 heavy (non-hydrogen) atoms. The van der Waals surface area contributed by atoms with E-state index in [9.17, 15) is 8.42 Å². The van der Waals surface area contributed by atoms with Gasteiger partial charge in [-0.25, -0.2) is 18.1 Å². The number of nitrogens with two attached hydrogens (primary N) is 1. The van der Waals surface area contributed by atoms with E-state index >= 15 is 0 Å². The monoisotopic (exact) mass is 271 g/mol. The molecule has 1 aromatic heterocycles. The number of aromatic nitrogens is 1. The zero-order chi connectivity index (χ0) is 13.2. The van der Waals surface area contributed by atoms with Crippen LogP contribution >= 0.6 is 0 Å². The molecular formula is C10H17N5O2S. The fourth-order valence-electron chi connectivity index (χ4n) is 2.02. The second-order valence-corrected chi connectivity index (χ2v) is 6.00. The standard InChI is InChI=1S/C10H17N5O2S/c1-15-6-4-8(7-15)14-18(16,17)10-9(13-11)3-2-5-12-10/h2-3,5,8,13-14H,4,6-7,11H2,1H3. The Balaban J connectivity index is 2.20. The largest absolute Gasteiger partial charge is 0.321 e. The van der Waals surface area contributed by atoms with Crippen LogP contribution in [0, 0.1) is 0 Å². The van der Waals surface area contributed by atoms with Gasteiger partial charge in [0.05, 0.1) is 5.69 Å². The molecule has 0 spiro atoms. The lowest BCUT2D eigenvalue weighted by Gasteiger charge is -2.14. The molecule has 0 aromatic carbocycles. The summed E-state index contributed by atoms with van der Waals surface area (Å²) in [6, 6.07) is 3.12. The lowest BCUT2D eigenvalue weighted by Crippen LogP contribution is -2.37. The third kappa shape index (κ3) is 2.78. The number of rotatable bonds is 4. The molecule has 0 amide bonds. The van der Waals surface area contributed by atoms with Crippen molar-refractivity contribution >= 4 is 15.7 Å². The number of hydrogen-bond acceptors (Lipinski definition) is 6. The highest BCUT2D eigenvalue weighted by atomic mass is 32.2. The molecule has 1 saturated heterocycles. The molecule has 1 aromatic rings. The van der Waals surface area contributed by atoms with E-state index in [1.165, 1.54) is 6.20 Å². The second-order valence-electron chi connectivity index (χ2n) is 4.37. The molecule has 4 N–H and O–H groups in total. The fraction of sp³-hybridized carbons (Fsp3) is 0.500. The van der Waals surface area contributed by atoms with Crippen molar-refractivity contribution in [2.45, 2.75) is 17.5 Å². The maximum absolute atomic E-state index is 12.2. The number of sulfonamides is 1. The molecule has 8 heteroatoms. The van der Waals surface area contributed by atoms with E-state index in [0.29, 0.717) is 6.54 Å². The van der Waals surface area contributed by atoms with Gasteiger partial charge in [-0.05, 0) is 32.1 Å². The first-order valence-electron chi connectivity index (χ1n) is 5.65. The van der Waals surface area contributed by atoms with Gasteiger partial charge in [0.2, 0.25) is 0 Å².